The van der Waals surface area contributed by atoms with Crippen molar-refractivity contribution in [3.8, 4) is 0 Å². The van der Waals surface area contributed by atoms with Gasteiger partial charge in [0.1, 0.15) is 0 Å². The first-order valence-electron chi connectivity index (χ1n) is 8.16. The molecule has 0 saturated heterocycles. The fourth-order valence-electron chi connectivity index (χ4n) is 5.58. The monoisotopic (exact) mass is 234 g/mol. The molecule has 17 heavy (non-hydrogen) atoms. The quantitative estimate of drug-likeness (QED) is 0.545. The molecule has 0 aromatic rings. The molecule has 0 aromatic heterocycles. The third kappa shape index (κ3) is 2.06. The van der Waals surface area contributed by atoms with Crippen LogP contribution in [0.4, 0.5) is 0 Å². The van der Waals surface area contributed by atoms with Crippen LogP contribution in [0.3, 0.4) is 0 Å². The fraction of sp³-hybridized carbons (Fsp3) is 1.00. The van der Waals surface area contributed by atoms with E-state index in [0.717, 1.165) is 41.4 Å². The molecule has 3 fully saturated rings. The molecular weight excluding hydrogens is 204 g/mol. The summed E-state index contributed by atoms with van der Waals surface area (Å²) in [6.45, 7) is 7.52. The Kier molecular flexibility index (Phi) is 3.26. The first-order valence-corrected chi connectivity index (χ1v) is 8.16. The second-order valence-electron chi connectivity index (χ2n) is 7.66. The zero-order valence-electron chi connectivity index (χ0n) is 12.0. The molecular formula is C17H30. The first kappa shape index (κ1) is 12.1. The van der Waals surface area contributed by atoms with Crippen LogP contribution in [-0.4, -0.2) is 0 Å². The number of fused-ring (bicyclic) bond motifs is 3. The second-order valence-corrected chi connectivity index (χ2v) is 7.66. The Labute approximate surface area is 108 Å². The van der Waals surface area contributed by atoms with Crippen molar-refractivity contribution in [3.05, 3.63) is 0 Å². The van der Waals surface area contributed by atoms with Gasteiger partial charge in [-0.2, -0.15) is 0 Å². The molecule has 7 unspecified atom stereocenters. The van der Waals surface area contributed by atoms with Crippen molar-refractivity contribution in [3.63, 3.8) is 0 Å². The van der Waals surface area contributed by atoms with Gasteiger partial charge in [0.25, 0.3) is 0 Å². The predicted molar refractivity (Wildman–Crippen MR) is 73.8 cm³/mol. The summed E-state index contributed by atoms with van der Waals surface area (Å²) >= 11 is 0. The largest absolute Gasteiger partial charge is 0.0625 e. The maximum absolute atomic E-state index is 2.55. The molecule has 7 atom stereocenters. The van der Waals surface area contributed by atoms with Gasteiger partial charge in [0.2, 0.25) is 0 Å². The summed E-state index contributed by atoms with van der Waals surface area (Å²) in [5.41, 5.74) is 0. The van der Waals surface area contributed by atoms with Crippen molar-refractivity contribution < 1.29 is 0 Å². The molecule has 3 rings (SSSR count). The van der Waals surface area contributed by atoms with Gasteiger partial charge in [-0.15, -0.1) is 0 Å². The van der Waals surface area contributed by atoms with Crippen LogP contribution in [0, 0.1) is 41.4 Å². The van der Waals surface area contributed by atoms with Gasteiger partial charge in [0.15, 0.2) is 0 Å². The average Bonchev–Trinajstić information content (AvgIpc) is 2.33. The molecule has 3 aliphatic rings. The van der Waals surface area contributed by atoms with E-state index in [1.807, 2.05) is 0 Å². The van der Waals surface area contributed by atoms with Crippen LogP contribution < -0.4 is 0 Å². The zero-order valence-corrected chi connectivity index (χ0v) is 12.0. The lowest BCUT2D eigenvalue weighted by Gasteiger charge is -2.52. The summed E-state index contributed by atoms with van der Waals surface area (Å²) in [6.07, 6.45) is 10.8. The summed E-state index contributed by atoms with van der Waals surface area (Å²) in [6, 6.07) is 0. The minimum Gasteiger partial charge on any atom is -0.0625 e. The lowest BCUT2D eigenvalue weighted by atomic mass is 9.53. The van der Waals surface area contributed by atoms with E-state index in [2.05, 4.69) is 20.8 Å². The Morgan fingerprint density at radius 2 is 1.35 bits per heavy atom. The smallest absolute Gasteiger partial charge is 0.0352 e. The lowest BCUT2D eigenvalue weighted by Crippen LogP contribution is -2.44. The van der Waals surface area contributed by atoms with Crippen LogP contribution in [0.5, 0.6) is 0 Å². The summed E-state index contributed by atoms with van der Waals surface area (Å²) in [5.74, 6) is 7.47. The molecule has 0 bridgehead atoms. The summed E-state index contributed by atoms with van der Waals surface area (Å²) in [7, 11) is 0. The lowest BCUT2D eigenvalue weighted by molar-refractivity contribution is -0.0266. The molecule has 0 radical (unpaired) electrons. The average molecular weight is 234 g/mol. The second kappa shape index (κ2) is 4.59. The van der Waals surface area contributed by atoms with Gasteiger partial charge in [-0.1, -0.05) is 33.6 Å². The third-order valence-corrected chi connectivity index (χ3v) is 6.80. The number of rotatable bonds is 0. The van der Waals surface area contributed by atoms with Gasteiger partial charge < -0.3 is 0 Å². The highest BCUT2D eigenvalue weighted by molar-refractivity contribution is 4.95. The van der Waals surface area contributed by atoms with E-state index in [9.17, 15) is 0 Å². The first-order chi connectivity index (χ1) is 8.16. The Bertz CT molecular complexity index is 269. The van der Waals surface area contributed by atoms with Crippen molar-refractivity contribution in [1.82, 2.24) is 0 Å². The fourth-order valence-corrected chi connectivity index (χ4v) is 5.58. The van der Waals surface area contributed by atoms with Crippen molar-refractivity contribution >= 4 is 0 Å². The maximum Gasteiger partial charge on any atom is -0.0352 e. The van der Waals surface area contributed by atoms with E-state index in [-0.39, 0.29) is 0 Å². The van der Waals surface area contributed by atoms with Gasteiger partial charge in [-0.25, -0.2) is 0 Å². The molecule has 3 aliphatic carbocycles. The van der Waals surface area contributed by atoms with Crippen LogP contribution in [0.2, 0.25) is 0 Å². The number of hydrogen-bond donors (Lipinski definition) is 0. The van der Waals surface area contributed by atoms with Crippen molar-refractivity contribution in [1.29, 1.82) is 0 Å². The van der Waals surface area contributed by atoms with Crippen LogP contribution in [0.15, 0.2) is 0 Å². The van der Waals surface area contributed by atoms with Crippen molar-refractivity contribution in [2.45, 2.75) is 65.7 Å². The van der Waals surface area contributed by atoms with Crippen molar-refractivity contribution in [2.75, 3.05) is 0 Å². The van der Waals surface area contributed by atoms with E-state index < -0.39 is 0 Å². The molecule has 0 aromatic carbocycles. The highest BCUT2D eigenvalue weighted by Crippen LogP contribution is 2.54. The molecule has 0 aliphatic heterocycles. The van der Waals surface area contributed by atoms with Crippen LogP contribution in [-0.2, 0) is 0 Å². The highest BCUT2D eigenvalue weighted by atomic mass is 14.5. The van der Waals surface area contributed by atoms with Gasteiger partial charge >= 0.3 is 0 Å². The minimum atomic E-state index is 0.996. The normalized spacial score (nSPS) is 54.9. The third-order valence-electron chi connectivity index (χ3n) is 6.80. The molecule has 98 valence electrons. The van der Waals surface area contributed by atoms with E-state index in [1.54, 1.807) is 32.1 Å². The Hall–Kier alpha value is 0. The van der Waals surface area contributed by atoms with E-state index in [4.69, 9.17) is 0 Å². The summed E-state index contributed by atoms with van der Waals surface area (Å²) < 4.78 is 0. The van der Waals surface area contributed by atoms with Gasteiger partial charge in [-0.3, -0.25) is 0 Å². The summed E-state index contributed by atoms with van der Waals surface area (Å²) in [4.78, 5) is 0. The topological polar surface area (TPSA) is 0 Å². The molecule has 0 heteroatoms. The van der Waals surface area contributed by atoms with E-state index in [1.165, 1.54) is 12.8 Å². The maximum atomic E-state index is 2.55. The predicted octanol–water partition coefficient (Wildman–Crippen LogP) is 5.13. The Balaban J connectivity index is 1.75. The molecule has 3 saturated carbocycles. The SMILES string of the molecule is CC1CCC2C(CCC3C(C)C(C)CCC23)C1. The molecule has 0 N–H and O–H groups in total. The molecule has 0 heterocycles. The molecule has 0 spiro atoms. The van der Waals surface area contributed by atoms with E-state index in [0.29, 0.717) is 0 Å². The number of hydrogen-bond acceptors (Lipinski definition) is 0. The van der Waals surface area contributed by atoms with Crippen LogP contribution in [0.1, 0.15) is 65.7 Å². The Morgan fingerprint density at radius 1 is 0.647 bits per heavy atom. The van der Waals surface area contributed by atoms with Gasteiger partial charge in [-0.05, 0) is 73.5 Å². The summed E-state index contributed by atoms with van der Waals surface area (Å²) in [5, 5.41) is 0. The molecule has 0 nitrogen and oxygen atoms in total. The Morgan fingerprint density at radius 3 is 2.18 bits per heavy atom. The van der Waals surface area contributed by atoms with Gasteiger partial charge in [0, 0.05) is 0 Å². The zero-order chi connectivity index (χ0) is 12.0. The van der Waals surface area contributed by atoms with Crippen LogP contribution in [0.25, 0.3) is 0 Å². The van der Waals surface area contributed by atoms with Crippen LogP contribution >= 0.6 is 0 Å². The highest BCUT2D eigenvalue weighted by Gasteiger charge is 2.45. The molecule has 0 amide bonds. The minimum absolute atomic E-state index is 0.996. The van der Waals surface area contributed by atoms with Crippen molar-refractivity contribution in [2.24, 2.45) is 41.4 Å². The standard InChI is InChI=1S/C17H30/c1-11-4-7-16-14(10-11)6-9-15-13(3)12(2)5-8-17(15)16/h11-17H,4-10H2,1-3H3. The van der Waals surface area contributed by atoms with Gasteiger partial charge in [0.05, 0.1) is 0 Å². The van der Waals surface area contributed by atoms with E-state index >= 15 is 0 Å².